The highest BCUT2D eigenvalue weighted by molar-refractivity contribution is 9.48. The van der Waals surface area contributed by atoms with Gasteiger partial charge in [-0.05, 0) is 12.8 Å². The highest BCUT2D eigenvalue weighted by Gasteiger charge is 2.23. The summed E-state index contributed by atoms with van der Waals surface area (Å²) < 4.78 is 2.58. The van der Waals surface area contributed by atoms with Crippen LogP contribution in [0.2, 0.25) is 0 Å². The van der Waals surface area contributed by atoms with Gasteiger partial charge in [-0.2, -0.15) is 0 Å². The Morgan fingerprint density at radius 2 is 1.42 bits per heavy atom. The van der Waals surface area contributed by atoms with Crippen LogP contribution < -0.4 is 0 Å². The van der Waals surface area contributed by atoms with Gasteiger partial charge in [-0.3, -0.25) is 0 Å². The molecule has 0 radical (unpaired) electrons. The Hall–Kier alpha value is 1.14. The van der Waals surface area contributed by atoms with Crippen molar-refractivity contribution in [2.45, 2.75) is 52.6 Å². The van der Waals surface area contributed by atoms with Crippen LogP contribution in [0.15, 0.2) is 0 Å². The van der Waals surface area contributed by atoms with Crippen LogP contribution in [0.5, 0.6) is 0 Å². The second kappa shape index (κ2) is 6.57. The third-order valence-corrected chi connectivity index (χ3v) is 6.73. The molecule has 0 rings (SSSR count). The summed E-state index contributed by atoms with van der Waals surface area (Å²) in [6.45, 7) is 9.09. The van der Waals surface area contributed by atoms with Crippen molar-refractivity contribution >= 4 is 36.8 Å². The molecular weight excluding hydrogens is 298 g/mol. The topological polar surface area (TPSA) is 3.24 Å². The Bertz CT molecular complexity index is 112. The molecule has 0 heterocycles. The number of hydrogen-bond acceptors (Lipinski definition) is 1. The lowest BCUT2D eigenvalue weighted by molar-refractivity contribution is 0.272. The molecule has 0 amide bonds. The zero-order valence-corrected chi connectivity index (χ0v) is 12.7. The Morgan fingerprint density at radius 3 is 1.58 bits per heavy atom. The van der Waals surface area contributed by atoms with Crippen LogP contribution in [0, 0.1) is 0 Å². The fourth-order valence-electron chi connectivity index (χ4n) is 1.24. The molecular formula is C8H19Br2NSi. The van der Waals surface area contributed by atoms with Gasteiger partial charge in [0.2, 0.25) is 0 Å². The van der Waals surface area contributed by atoms with Gasteiger partial charge in [-0.25, -0.2) is 0 Å². The fourth-order valence-corrected chi connectivity index (χ4v) is 7.28. The van der Waals surface area contributed by atoms with Gasteiger partial charge in [0.1, 0.15) is 0 Å². The minimum Gasteiger partial charge on any atom is -0.304 e. The molecule has 12 heavy (non-hydrogen) atoms. The lowest BCUT2D eigenvalue weighted by Gasteiger charge is -2.34. The first-order valence-corrected chi connectivity index (χ1v) is 11.5. The second-order valence-electron chi connectivity index (χ2n) is 3.24. The molecule has 0 bridgehead atoms. The molecule has 0 saturated heterocycles. The Labute approximate surface area is 93.7 Å². The normalized spacial score (nSPS) is 17.0. The summed E-state index contributed by atoms with van der Waals surface area (Å²) in [5.41, 5.74) is 0. The summed E-state index contributed by atoms with van der Waals surface area (Å²) >= 11 is 7.41. The maximum Gasteiger partial charge on any atom is 0.258 e. The molecule has 0 aliphatic carbocycles. The molecule has 2 atom stereocenters. The summed E-state index contributed by atoms with van der Waals surface area (Å²) in [5, 5.41) is 0. The van der Waals surface area contributed by atoms with Crippen LogP contribution in [0.25, 0.3) is 0 Å². The van der Waals surface area contributed by atoms with Crippen molar-refractivity contribution in [1.82, 2.24) is 4.57 Å². The van der Waals surface area contributed by atoms with E-state index >= 15 is 0 Å². The van der Waals surface area contributed by atoms with Gasteiger partial charge in [-0.15, -0.1) is 0 Å². The van der Waals surface area contributed by atoms with Crippen LogP contribution in [-0.4, -0.2) is 22.8 Å². The van der Waals surface area contributed by atoms with Crippen LogP contribution in [-0.2, 0) is 0 Å². The molecule has 0 aliphatic heterocycles. The lowest BCUT2D eigenvalue weighted by Crippen LogP contribution is -2.44. The third-order valence-electron chi connectivity index (χ3n) is 2.42. The highest BCUT2D eigenvalue weighted by atomic mass is 79.9. The molecule has 0 aromatic rings. The van der Waals surface area contributed by atoms with Crippen molar-refractivity contribution in [2.24, 2.45) is 0 Å². The summed E-state index contributed by atoms with van der Waals surface area (Å²) in [7, 11) is 0. The first-order valence-electron chi connectivity index (χ1n) is 4.60. The number of nitrogens with zero attached hydrogens (tertiary/aromatic N) is 1. The Morgan fingerprint density at radius 1 is 1.08 bits per heavy atom. The van der Waals surface area contributed by atoms with E-state index in [1.807, 2.05) is 0 Å². The van der Waals surface area contributed by atoms with Gasteiger partial charge in [0.15, 0.2) is 0 Å². The summed E-state index contributed by atoms with van der Waals surface area (Å²) in [5.74, 6) is 0. The van der Waals surface area contributed by atoms with Gasteiger partial charge in [0, 0.05) is 12.1 Å². The molecule has 1 nitrogen and oxygen atoms in total. The molecule has 0 N–H and O–H groups in total. The monoisotopic (exact) mass is 315 g/mol. The molecule has 0 saturated carbocycles. The predicted molar refractivity (Wildman–Crippen MR) is 66.3 cm³/mol. The lowest BCUT2D eigenvalue weighted by atomic mass is 10.2. The van der Waals surface area contributed by atoms with Crippen LogP contribution in [0.4, 0.5) is 0 Å². The Kier molecular flexibility index (Phi) is 7.19. The van der Waals surface area contributed by atoms with E-state index in [-0.39, 0.29) is 0 Å². The molecule has 2 unspecified atom stereocenters. The minimum atomic E-state index is -0.978. The average Bonchev–Trinajstić information content (AvgIpc) is 2.03. The third kappa shape index (κ3) is 3.90. The number of hydrogen-bond donors (Lipinski definition) is 0. The molecule has 4 heteroatoms. The molecule has 74 valence electrons. The van der Waals surface area contributed by atoms with Crippen LogP contribution in [0.1, 0.15) is 40.5 Å². The van der Waals surface area contributed by atoms with Crippen molar-refractivity contribution in [2.75, 3.05) is 0 Å². The first-order chi connectivity index (χ1) is 5.54. The number of halogens is 2. The van der Waals surface area contributed by atoms with E-state index in [2.05, 4.69) is 62.8 Å². The predicted octanol–water partition coefficient (Wildman–Crippen LogP) is 3.39. The minimum absolute atomic E-state index is 0.690. The summed E-state index contributed by atoms with van der Waals surface area (Å²) in [6, 6.07) is 1.38. The molecule has 0 aromatic carbocycles. The molecule has 0 aliphatic rings. The van der Waals surface area contributed by atoms with Gasteiger partial charge in [0.25, 0.3) is 6.20 Å². The first kappa shape index (κ1) is 13.1. The van der Waals surface area contributed by atoms with Crippen molar-refractivity contribution in [1.29, 1.82) is 0 Å². The van der Waals surface area contributed by atoms with Gasteiger partial charge >= 0.3 is 0 Å². The molecule has 0 spiro atoms. The Balaban J connectivity index is 4.21. The maximum absolute atomic E-state index is 3.71. The zero-order valence-electron chi connectivity index (χ0n) is 8.35. The SMILES string of the molecule is CCC(C)N(C(C)CC)[SiH](Br)Br. The van der Waals surface area contributed by atoms with Crippen molar-refractivity contribution in [3.05, 3.63) is 0 Å². The van der Waals surface area contributed by atoms with E-state index in [1.165, 1.54) is 12.8 Å². The van der Waals surface area contributed by atoms with E-state index in [0.717, 1.165) is 0 Å². The van der Waals surface area contributed by atoms with Crippen molar-refractivity contribution in [3.63, 3.8) is 0 Å². The molecule has 0 fully saturated rings. The quantitative estimate of drug-likeness (QED) is 0.555. The van der Waals surface area contributed by atoms with E-state index in [4.69, 9.17) is 0 Å². The van der Waals surface area contributed by atoms with E-state index in [1.54, 1.807) is 0 Å². The van der Waals surface area contributed by atoms with Crippen LogP contribution >= 0.6 is 30.6 Å². The standard InChI is InChI=1S/C8H19Br2NSi/c1-5-7(3)11(12(9)10)8(4)6-2/h7-8,12H,5-6H2,1-4H3. The fraction of sp³-hybridized carbons (Fsp3) is 1.00. The van der Waals surface area contributed by atoms with Crippen LogP contribution in [0.3, 0.4) is 0 Å². The number of rotatable bonds is 5. The maximum atomic E-state index is 3.71. The van der Waals surface area contributed by atoms with E-state index in [0.29, 0.717) is 12.1 Å². The van der Waals surface area contributed by atoms with Crippen molar-refractivity contribution in [3.8, 4) is 0 Å². The van der Waals surface area contributed by atoms with Gasteiger partial charge in [0.05, 0.1) is 0 Å². The highest BCUT2D eigenvalue weighted by Crippen LogP contribution is 2.20. The van der Waals surface area contributed by atoms with Crippen molar-refractivity contribution < 1.29 is 0 Å². The average molecular weight is 317 g/mol. The summed E-state index contributed by atoms with van der Waals surface area (Å²) in [6.07, 6.45) is 1.48. The molecule has 0 aromatic heterocycles. The second-order valence-corrected chi connectivity index (χ2v) is 13.3. The summed E-state index contributed by atoms with van der Waals surface area (Å²) in [4.78, 5) is 0. The van der Waals surface area contributed by atoms with Gasteiger partial charge < -0.3 is 4.57 Å². The van der Waals surface area contributed by atoms with E-state index in [9.17, 15) is 0 Å². The largest absolute Gasteiger partial charge is 0.304 e. The smallest absolute Gasteiger partial charge is 0.258 e. The van der Waals surface area contributed by atoms with Gasteiger partial charge in [-0.1, -0.05) is 58.3 Å². The van der Waals surface area contributed by atoms with E-state index < -0.39 is 6.20 Å². The zero-order chi connectivity index (χ0) is 9.72.